The third-order valence-corrected chi connectivity index (χ3v) is 3.90. The van der Waals surface area contributed by atoms with Gasteiger partial charge in [0, 0.05) is 6.07 Å². The number of anilines is 1. The van der Waals surface area contributed by atoms with Crippen LogP contribution in [0.25, 0.3) is 0 Å². The molecule has 1 saturated carbocycles. The molecule has 2 rings (SSSR count). The van der Waals surface area contributed by atoms with Gasteiger partial charge in [0.2, 0.25) is 5.91 Å². The number of rotatable bonds is 3. The van der Waals surface area contributed by atoms with Gasteiger partial charge in [-0.05, 0) is 24.8 Å². The summed E-state index contributed by atoms with van der Waals surface area (Å²) >= 11 is 0. The molecule has 0 saturated heterocycles. The van der Waals surface area contributed by atoms with E-state index in [1.807, 2.05) is 6.92 Å². The average Bonchev–Trinajstić information content (AvgIpc) is 2.40. The summed E-state index contributed by atoms with van der Waals surface area (Å²) in [7, 11) is 0. The number of nitrogens with zero attached hydrogens (tertiary/aromatic N) is 1. The molecule has 7 heteroatoms. The minimum absolute atomic E-state index is 0.0892. The molecule has 1 aromatic rings. The van der Waals surface area contributed by atoms with Gasteiger partial charge >= 0.3 is 0 Å². The van der Waals surface area contributed by atoms with Crippen molar-refractivity contribution < 1.29 is 14.1 Å². The normalized spacial score (nSPS) is 25.4. The number of amides is 1. The molecule has 1 amide bonds. The SMILES string of the molecule is CC1CCCC(N)(C(=O)Nc2ccc([N+](=O)[O-])cc2F)C1. The van der Waals surface area contributed by atoms with Gasteiger partial charge in [-0.25, -0.2) is 4.39 Å². The van der Waals surface area contributed by atoms with E-state index in [1.54, 1.807) is 0 Å². The number of halogens is 1. The lowest BCUT2D eigenvalue weighted by molar-refractivity contribution is -0.385. The Bertz CT molecular complexity index is 579. The third kappa shape index (κ3) is 3.36. The zero-order valence-electron chi connectivity index (χ0n) is 11.8. The Balaban J connectivity index is 2.14. The Morgan fingerprint density at radius 2 is 2.29 bits per heavy atom. The summed E-state index contributed by atoms with van der Waals surface area (Å²) in [5.74, 6) is -0.942. The second-order valence-electron chi connectivity index (χ2n) is 5.73. The third-order valence-electron chi connectivity index (χ3n) is 3.90. The smallest absolute Gasteiger partial charge is 0.272 e. The van der Waals surface area contributed by atoms with Crippen molar-refractivity contribution in [2.45, 2.75) is 38.1 Å². The maximum absolute atomic E-state index is 13.8. The van der Waals surface area contributed by atoms with Gasteiger partial charge in [0.25, 0.3) is 5.69 Å². The van der Waals surface area contributed by atoms with Gasteiger partial charge in [0.1, 0.15) is 0 Å². The predicted octanol–water partition coefficient (Wildman–Crippen LogP) is 2.58. The van der Waals surface area contributed by atoms with Crippen LogP contribution in [0.3, 0.4) is 0 Å². The molecular formula is C14H18FN3O3. The fraction of sp³-hybridized carbons (Fsp3) is 0.500. The van der Waals surface area contributed by atoms with E-state index >= 15 is 0 Å². The number of nitro groups is 1. The first-order chi connectivity index (χ1) is 9.82. The van der Waals surface area contributed by atoms with E-state index in [1.165, 1.54) is 6.07 Å². The van der Waals surface area contributed by atoms with E-state index in [2.05, 4.69) is 5.32 Å². The lowest BCUT2D eigenvalue weighted by Gasteiger charge is -2.35. The summed E-state index contributed by atoms with van der Waals surface area (Å²) in [6.07, 6.45) is 2.98. The highest BCUT2D eigenvalue weighted by molar-refractivity contribution is 5.98. The van der Waals surface area contributed by atoms with Crippen LogP contribution in [0.5, 0.6) is 0 Å². The Labute approximate surface area is 121 Å². The number of non-ortho nitro benzene ring substituents is 1. The van der Waals surface area contributed by atoms with Crippen LogP contribution in [0.1, 0.15) is 32.6 Å². The van der Waals surface area contributed by atoms with Crippen molar-refractivity contribution in [2.24, 2.45) is 11.7 Å². The second kappa shape index (κ2) is 5.77. The molecule has 1 aliphatic carbocycles. The monoisotopic (exact) mass is 295 g/mol. The summed E-state index contributed by atoms with van der Waals surface area (Å²) in [6, 6.07) is 3.11. The Morgan fingerprint density at radius 3 is 2.86 bits per heavy atom. The summed E-state index contributed by atoms with van der Waals surface area (Å²) in [5, 5.41) is 13.0. The number of hydrogen-bond donors (Lipinski definition) is 2. The summed E-state index contributed by atoms with van der Waals surface area (Å²) in [6.45, 7) is 2.03. The van der Waals surface area contributed by atoms with Crippen LogP contribution in [0.15, 0.2) is 18.2 Å². The standard InChI is InChI=1S/C14H18FN3O3/c1-9-3-2-6-14(16,8-9)13(19)17-12-5-4-10(18(20)21)7-11(12)15/h4-5,7,9H,2-3,6,8,16H2,1H3,(H,17,19). The topological polar surface area (TPSA) is 98.3 Å². The highest BCUT2D eigenvalue weighted by atomic mass is 19.1. The molecule has 0 aromatic heterocycles. The molecule has 0 spiro atoms. The molecular weight excluding hydrogens is 277 g/mol. The fourth-order valence-electron chi connectivity index (χ4n) is 2.76. The number of nitrogens with one attached hydrogen (secondary N) is 1. The highest BCUT2D eigenvalue weighted by Gasteiger charge is 2.38. The van der Waals surface area contributed by atoms with Crippen molar-refractivity contribution in [3.05, 3.63) is 34.1 Å². The number of benzene rings is 1. The molecule has 21 heavy (non-hydrogen) atoms. The van der Waals surface area contributed by atoms with Crippen LogP contribution in [0, 0.1) is 21.8 Å². The lowest BCUT2D eigenvalue weighted by Crippen LogP contribution is -2.53. The van der Waals surface area contributed by atoms with Crippen LogP contribution in [-0.4, -0.2) is 16.4 Å². The largest absolute Gasteiger partial charge is 0.322 e. The molecule has 6 nitrogen and oxygen atoms in total. The van der Waals surface area contributed by atoms with Crippen molar-refractivity contribution >= 4 is 17.3 Å². The zero-order chi connectivity index (χ0) is 15.6. The van der Waals surface area contributed by atoms with Crippen LogP contribution < -0.4 is 11.1 Å². The second-order valence-corrected chi connectivity index (χ2v) is 5.73. The zero-order valence-corrected chi connectivity index (χ0v) is 11.8. The number of nitrogens with two attached hydrogens (primary N) is 1. The molecule has 1 fully saturated rings. The van der Waals surface area contributed by atoms with Crippen molar-refractivity contribution in [2.75, 3.05) is 5.32 Å². The fourth-order valence-corrected chi connectivity index (χ4v) is 2.76. The van der Waals surface area contributed by atoms with Crippen molar-refractivity contribution in [3.63, 3.8) is 0 Å². The average molecular weight is 295 g/mol. The van der Waals surface area contributed by atoms with Gasteiger partial charge in [-0.2, -0.15) is 0 Å². The molecule has 0 heterocycles. The first kappa shape index (κ1) is 15.4. The van der Waals surface area contributed by atoms with Crippen molar-refractivity contribution in [1.82, 2.24) is 0 Å². The maximum Gasteiger partial charge on any atom is 0.272 e. The molecule has 2 atom stereocenters. The van der Waals surface area contributed by atoms with Gasteiger partial charge in [0.15, 0.2) is 5.82 Å². The minimum atomic E-state index is -1.01. The number of nitro benzene ring substituents is 1. The van der Waals surface area contributed by atoms with Crippen molar-refractivity contribution in [3.8, 4) is 0 Å². The van der Waals surface area contributed by atoms with E-state index < -0.39 is 22.2 Å². The Kier molecular flexibility index (Phi) is 4.22. The molecule has 0 radical (unpaired) electrons. The summed E-state index contributed by atoms with van der Waals surface area (Å²) in [5.41, 5.74) is 4.67. The predicted molar refractivity (Wildman–Crippen MR) is 76.2 cm³/mol. The molecule has 1 aromatic carbocycles. The Hall–Kier alpha value is -2.02. The van der Waals surface area contributed by atoms with Gasteiger partial charge in [-0.15, -0.1) is 0 Å². The molecule has 0 bridgehead atoms. The number of carbonyl (C=O) groups excluding carboxylic acids is 1. The summed E-state index contributed by atoms with van der Waals surface area (Å²) in [4.78, 5) is 22.1. The molecule has 1 aliphatic rings. The van der Waals surface area contributed by atoms with Crippen LogP contribution in [0.4, 0.5) is 15.8 Å². The number of carbonyl (C=O) groups is 1. The van der Waals surface area contributed by atoms with Crippen molar-refractivity contribution in [1.29, 1.82) is 0 Å². The molecule has 3 N–H and O–H groups in total. The van der Waals surface area contributed by atoms with E-state index in [4.69, 9.17) is 5.73 Å². The minimum Gasteiger partial charge on any atom is -0.322 e. The lowest BCUT2D eigenvalue weighted by atomic mass is 9.76. The van der Waals surface area contributed by atoms with Crippen LogP contribution >= 0.6 is 0 Å². The van der Waals surface area contributed by atoms with E-state index in [0.717, 1.165) is 25.0 Å². The van der Waals surface area contributed by atoms with E-state index in [0.29, 0.717) is 18.8 Å². The van der Waals surface area contributed by atoms with Crippen LogP contribution in [0.2, 0.25) is 0 Å². The molecule has 114 valence electrons. The summed E-state index contributed by atoms with van der Waals surface area (Å²) < 4.78 is 13.8. The first-order valence-corrected chi connectivity index (χ1v) is 6.86. The van der Waals surface area contributed by atoms with Crippen LogP contribution in [-0.2, 0) is 4.79 Å². The van der Waals surface area contributed by atoms with Gasteiger partial charge in [0.05, 0.1) is 22.2 Å². The Morgan fingerprint density at radius 1 is 1.57 bits per heavy atom. The van der Waals surface area contributed by atoms with Gasteiger partial charge in [-0.3, -0.25) is 14.9 Å². The van der Waals surface area contributed by atoms with Gasteiger partial charge in [-0.1, -0.05) is 19.8 Å². The maximum atomic E-state index is 13.8. The molecule has 0 aliphatic heterocycles. The quantitative estimate of drug-likeness (QED) is 0.661. The van der Waals surface area contributed by atoms with Gasteiger partial charge < -0.3 is 11.1 Å². The van der Waals surface area contributed by atoms with E-state index in [-0.39, 0.29) is 11.4 Å². The van der Waals surface area contributed by atoms with E-state index in [9.17, 15) is 19.3 Å². The molecule has 2 unspecified atom stereocenters. The highest BCUT2D eigenvalue weighted by Crippen LogP contribution is 2.31. The number of hydrogen-bond acceptors (Lipinski definition) is 4. The first-order valence-electron chi connectivity index (χ1n) is 6.86.